The standard InChI is InChI=1S/C18H17N4.ClH.Pt/c1-18(2,3)15-9-13(16-6-4-5-7-19-16)8-14(10-15)17-11-21-22-12-20-17;;/h4-7,9-12H,1-3H3;1H;/q-1;;+2/p-1. The first kappa shape index (κ1) is 18.7. The van der Waals surface area contributed by atoms with Crippen LogP contribution in [0.15, 0.2) is 49.1 Å². The van der Waals surface area contributed by atoms with Gasteiger partial charge in [0.15, 0.2) is 0 Å². The Bertz CT molecular complexity index is 716. The summed E-state index contributed by atoms with van der Waals surface area (Å²) in [6.07, 6.45) is 4.90. The summed E-state index contributed by atoms with van der Waals surface area (Å²) >= 11 is 1.61. The molecule has 0 aliphatic carbocycles. The minimum absolute atomic E-state index is 0.0217. The maximum absolute atomic E-state index is 4.61. The molecule has 126 valence electrons. The van der Waals surface area contributed by atoms with Gasteiger partial charge in [0, 0.05) is 23.8 Å². The van der Waals surface area contributed by atoms with E-state index in [4.69, 9.17) is 0 Å². The molecule has 0 saturated carbocycles. The second-order valence-electron chi connectivity index (χ2n) is 6.15. The van der Waals surface area contributed by atoms with Gasteiger partial charge in [0.2, 0.25) is 0 Å². The Morgan fingerprint density at radius 2 is 1.67 bits per heavy atom. The van der Waals surface area contributed by atoms with Crippen LogP contribution in [0.1, 0.15) is 26.3 Å². The van der Waals surface area contributed by atoms with Crippen LogP contribution in [-0.4, -0.2) is 20.2 Å². The van der Waals surface area contributed by atoms with Crippen molar-refractivity contribution in [2.75, 3.05) is 0 Å². The summed E-state index contributed by atoms with van der Waals surface area (Å²) in [5, 5.41) is 7.64. The molecule has 2 aromatic heterocycles. The average Bonchev–Trinajstić information content (AvgIpc) is 2.64. The van der Waals surface area contributed by atoms with Crippen molar-refractivity contribution in [1.82, 2.24) is 20.2 Å². The topological polar surface area (TPSA) is 51.6 Å². The van der Waals surface area contributed by atoms with Gasteiger partial charge in [0.25, 0.3) is 0 Å². The van der Waals surface area contributed by atoms with Crippen LogP contribution < -0.4 is 0 Å². The molecule has 0 bridgehead atoms. The third-order valence-corrected chi connectivity index (χ3v) is 3.45. The fraction of sp³-hybridized carbons (Fsp3) is 0.222. The zero-order chi connectivity index (χ0) is 17.6. The third-order valence-electron chi connectivity index (χ3n) is 3.45. The van der Waals surface area contributed by atoms with Crippen LogP contribution >= 0.6 is 9.42 Å². The SMILES string of the molecule is CC(C)(C)c1cc(-c2ccccn2)[c-]c(-c2cnncn2)c1.[Cl][Pt+]. The van der Waals surface area contributed by atoms with Crippen molar-refractivity contribution in [2.24, 2.45) is 0 Å². The van der Waals surface area contributed by atoms with Crippen LogP contribution in [0, 0.1) is 6.07 Å². The summed E-state index contributed by atoms with van der Waals surface area (Å²) < 4.78 is 0. The summed E-state index contributed by atoms with van der Waals surface area (Å²) in [7, 11) is 4.61. The quantitative estimate of drug-likeness (QED) is 0.471. The molecule has 0 amide bonds. The number of hydrogen-bond donors (Lipinski definition) is 0. The van der Waals surface area contributed by atoms with Gasteiger partial charge in [-0.2, -0.15) is 5.10 Å². The first-order valence-corrected chi connectivity index (χ1v) is 10.1. The molecule has 0 saturated heterocycles. The third kappa shape index (κ3) is 4.68. The molecule has 0 fully saturated rings. The first-order chi connectivity index (χ1) is 11.5. The van der Waals surface area contributed by atoms with Crippen LogP contribution in [0.3, 0.4) is 0 Å². The zero-order valence-electron chi connectivity index (χ0n) is 13.6. The van der Waals surface area contributed by atoms with E-state index in [1.165, 1.54) is 11.9 Å². The summed E-state index contributed by atoms with van der Waals surface area (Å²) in [6, 6.07) is 13.5. The van der Waals surface area contributed by atoms with Crippen molar-refractivity contribution in [3.63, 3.8) is 0 Å². The number of hydrogen-bond acceptors (Lipinski definition) is 4. The van der Waals surface area contributed by atoms with Crippen molar-refractivity contribution >= 4 is 9.42 Å². The number of rotatable bonds is 2. The van der Waals surface area contributed by atoms with E-state index in [1.54, 1.807) is 31.2 Å². The summed E-state index contributed by atoms with van der Waals surface area (Å²) in [5.41, 5.74) is 4.76. The molecular weight excluding hydrogens is 503 g/mol. The second kappa shape index (κ2) is 8.45. The van der Waals surface area contributed by atoms with Gasteiger partial charge in [-0.05, 0) is 11.5 Å². The van der Waals surface area contributed by atoms with E-state index in [-0.39, 0.29) is 5.41 Å². The van der Waals surface area contributed by atoms with Crippen LogP contribution in [0.5, 0.6) is 0 Å². The van der Waals surface area contributed by atoms with E-state index in [2.05, 4.69) is 68.6 Å². The first-order valence-electron chi connectivity index (χ1n) is 7.28. The van der Waals surface area contributed by atoms with Gasteiger partial charge in [-0.1, -0.05) is 44.0 Å². The van der Waals surface area contributed by atoms with Gasteiger partial charge in [0.05, 0.1) is 0 Å². The molecule has 2 heterocycles. The predicted octanol–water partition coefficient (Wildman–Crippen LogP) is 4.39. The Morgan fingerprint density at radius 1 is 0.958 bits per heavy atom. The fourth-order valence-corrected chi connectivity index (χ4v) is 2.18. The Hall–Kier alpha value is -1.64. The van der Waals surface area contributed by atoms with Crippen molar-refractivity contribution in [3.05, 3.63) is 60.7 Å². The monoisotopic (exact) mass is 519 g/mol. The van der Waals surface area contributed by atoms with E-state index in [9.17, 15) is 0 Å². The fourth-order valence-electron chi connectivity index (χ4n) is 2.18. The zero-order valence-corrected chi connectivity index (χ0v) is 16.6. The number of aromatic nitrogens is 4. The molecule has 0 radical (unpaired) electrons. The summed E-state index contributed by atoms with van der Waals surface area (Å²) in [6.45, 7) is 6.56. The maximum atomic E-state index is 4.61. The van der Waals surface area contributed by atoms with Gasteiger partial charge in [-0.25, -0.2) is 0 Å². The molecule has 0 N–H and O–H groups in total. The molecule has 1 aromatic carbocycles. The molecule has 0 spiro atoms. The van der Waals surface area contributed by atoms with Gasteiger partial charge in [-0.15, -0.1) is 28.9 Å². The Kier molecular flexibility index (Phi) is 6.59. The Balaban J connectivity index is 0.00000100. The van der Waals surface area contributed by atoms with Crippen LogP contribution in [0.4, 0.5) is 0 Å². The molecule has 0 aliphatic rings. The molecular formula is C18H17ClN4Pt. The van der Waals surface area contributed by atoms with E-state index >= 15 is 0 Å². The van der Waals surface area contributed by atoms with Crippen LogP contribution in [-0.2, 0) is 24.2 Å². The number of benzene rings is 1. The van der Waals surface area contributed by atoms with Crippen molar-refractivity contribution in [1.29, 1.82) is 0 Å². The summed E-state index contributed by atoms with van der Waals surface area (Å²) in [5.74, 6) is 0. The van der Waals surface area contributed by atoms with E-state index in [1.807, 2.05) is 18.2 Å². The average molecular weight is 520 g/mol. The molecule has 0 atom stereocenters. The molecule has 0 unspecified atom stereocenters. The number of halogens is 1. The van der Waals surface area contributed by atoms with Crippen molar-refractivity contribution < 1.29 is 18.8 Å². The van der Waals surface area contributed by atoms with Gasteiger partial charge < -0.3 is 0 Å². The number of nitrogens with zero attached hydrogens (tertiary/aromatic N) is 4. The molecule has 3 aromatic rings. The Labute approximate surface area is 157 Å². The molecule has 24 heavy (non-hydrogen) atoms. The minimum atomic E-state index is 0.0217. The van der Waals surface area contributed by atoms with Crippen LogP contribution in [0.2, 0.25) is 0 Å². The van der Waals surface area contributed by atoms with Gasteiger partial charge in [-0.3, -0.25) is 9.97 Å². The van der Waals surface area contributed by atoms with Gasteiger partial charge >= 0.3 is 28.2 Å². The summed E-state index contributed by atoms with van der Waals surface area (Å²) in [4.78, 5) is 8.71. The van der Waals surface area contributed by atoms with E-state index in [0.717, 1.165) is 22.5 Å². The molecule has 4 nitrogen and oxygen atoms in total. The van der Waals surface area contributed by atoms with Crippen LogP contribution in [0.25, 0.3) is 22.5 Å². The van der Waals surface area contributed by atoms with Gasteiger partial charge in [0.1, 0.15) is 6.33 Å². The number of pyridine rings is 1. The molecule has 6 heteroatoms. The second-order valence-corrected chi connectivity index (χ2v) is 6.15. The Morgan fingerprint density at radius 3 is 2.21 bits per heavy atom. The van der Waals surface area contributed by atoms with E-state index in [0.29, 0.717) is 0 Å². The van der Waals surface area contributed by atoms with E-state index < -0.39 is 0 Å². The molecule has 3 rings (SSSR count). The van der Waals surface area contributed by atoms with Crippen molar-refractivity contribution in [3.8, 4) is 22.5 Å². The predicted molar refractivity (Wildman–Crippen MR) is 91.9 cm³/mol. The van der Waals surface area contributed by atoms with Crippen molar-refractivity contribution in [2.45, 2.75) is 26.2 Å². The molecule has 0 aliphatic heterocycles. The normalized spacial score (nSPS) is 10.8.